The van der Waals surface area contributed by atoms with E-state index < -0.39 is 0 Å². The molecular weight excluding hydrogens is 224 g/mol. The highest BCUT2D eigenvalue weighted by Gasteiger charge is 2.09. The van der Waals surface area contributed by atoms with Crippen molar-refractivity contribution in [2.24, 2.45) is 0 Å². The molecule has 0 aromatic heterocycles. The van der Waals surface area contributed by atoms with Crippen molar-refractivity contribution in [3.05, 3.63) is 35.9 Å². The molecule has 0 spiro atoms. The monoisotopic (exact) mass is 248 g/mol. The van der Waals surface area contributed by atoms with E-state index in [4.69, 9.17) is 4.74 Å². The third kappa shape index (κ3) is 5.17. The Labute approximate surface area is 110 Å². The van der Waals surface area contributed by atoms with Crippen molar-refractivity contribution in [3.8, 4) is 0 Å². The van der Waals surface area contributed by atoms with Gasteiger partial charge in [-0.1, -0.05) is 30.3 Å². The van der Waals surface area contributed by atoms with E-state index in [0.717, 1.165) is 32.8 Å². The van der Waals surface area contributed by atoms with Crippen molar-refractivity contribution < 1.29 is 4.74 Å². The lowest BCUT2D eigenvalue weighted by molar-refractivity contribution is 0.112. The van der Waals surface area contributed by atoms with Gasteiger partial charge in [0.2, 0.25) is 0 Å². The Morgan fingerprint density at radius 2 is 1.83 bits per heavy atom. The van der Waals surface area contributed by atoms with Gasteiger partial charge in [-0.3, -0.25) is 0 Å². The van der Waals surface area contributed by atoms with Crippen LogP contribution in [0.2, 0.25) is 0 Å². The van der Waals surface area contributed by atoms with Gasteiger partial charge in [-0.25, -0.2) is 0 Å². The molecule has 1 heterocycles. The summed E-state index contributed by atoms with van der Waals surface area (Å²) in [5.74, 6) is 0. The zero-order chi connectivity index (χ0) is 12.5. The van der Waals surface area contributed by atoms with Gasteiger partial charge in [0, 0.05) is 19.6 Å². The van der Waals surface area contributed by atoms with Crippen molar-refractivity contribution >= 4 is 0 Å². The third-order valence-electron chi connectivity index (χ3n) is 3.35. The average molecular weight is 248 g/mol. The molecule has 2 rings (SSSR count). The zero-order valence-electron chi connectivity index (χ0n) is 11.1. The molecule has 1 N–H and O–H groups in total. The maximum absolute atomic E-state index is 5.63. The molecule has 0 radical (unpaired) electrons. The number of rotatable bonds is 8. The molecule has 1 saturated heterocycles. The molecule has 18 heavy (non-hydrogen) atoms. The van der Waals surface area contributed by atoms with E-state index in [-0.39, 0.29) is 0 Å². The summed E-state index contributed by atoms with van der Waals surface area (Å²) in [5, 5.41) is 3.39. The SMILES string of the molecule is c1ccc(CNCCOCCN2CCCC2)cc1. The van der Waals surface area contributed by atoms with Crippen molar-refractivity contribution in [3.63, 3.8) is 0 Å². The van der Waals surface area contributed by atoms with Crippen molar-refractivity contribution in [1.29, 1.82) is 0 Å². The molecule has 1 aliphatic rings. The first-order valence-corrected chi connectivity index (χ1v) is 7.00. The van der Waals surface area contributed by atoms with E-state index in [1.54, 1.807) is 0 Å². The largest absolute Gasteiger partial charge is 0.379 e. The predicted molar refractivity (Wildman–Crippen MR) is 74.6 cm³/mol. The first-order valence-electron chi connectivity index (χ1n) is 7.00. The van der Waals surface area contributed by atoms with Crippen LogP contribution in [-0.2, 0) is 11.3 Å². The van der Waals surface area contributed by atoms with Crippen LogP contribution in [0.15, 0.2) is 30.3 Å². The molecule has 3 heteroatoms. The van der Waals surface area contributed by atoms with E-state index in [1.165, 1.54) is 31.5 Å². The molecule has 0 bridgehead atoms. The average Bonchev–Trinajstić information content (AvgIpc) is 2.92. The van der Waals surface area contributed by atoms with Gasteiger partial charge in [0.05, 0.1) is 13.2 Å². The number of ether oxygens (including phenoxy) is 1. The molecule has 0 atom stereocenters. The molecule has 1 fully saturated rings. The molecule has 1 aromatic rings. The Hall–Kier alpha value is -0.900. The lowest BCUT2D eigenvalue weighted by Gasteiger charge is -2.14. The number of hydrogen-bond acceptors (Lipinski definition) is 3. The Morgan fingerprint density at radius 3 is 2.61 bits per heavy atom. The standard InChI is InChI=1S/C15H24N2O/c1-2-6-15(7-3-1)14-16-8-12-18-13-11-17-9-4-5-10-17/h1-3,6-7,16H,4-5,8-14H2. The minimum Gasteiger partial charge on any atom is -0.379 e. The van der Waals surface area contributed by atoms with Gasteiger partial charge in [0.15, 0.2) is 0 Å². The van der Waals surface area contributed by atoms with E-state index in [9.17, 15) is 0 Å². The van der Waals surface area contributed by atoms with Crippen LogP contribution in [0, 0.1) is 0 Å². The van der Waals surface area contributed by atoms with E-state index in [1.807, 2.05) is 6.07 Å². The van der Waals surface area contributed by atoms with Crippen LogP contribution in [0.4, 0.5) is 0 Å². The summed E-state index contributed by atoms with van der Waals surface area (Å²) in [6.07, 6.45) is 2.72. The summed E-state index contributed by atoms with van der Waals surface area (Å²) >= 11 is 0. The summed E-state index contributed by atoms with van der Waals surface area (Å²) in [5.41, 5.74) is 1.33. The quantitative estimate of drug-likeness (QED) is 0.711. The van der Waals surface area contributed by atoms with Gasteiger partial charge in [-0.15, -0.1) is 0 Å². The Morgan fingerprint density at radius 1 is 1.06 bits per heavy atom. The number of benzene rings is 1. The topological polar surface area (TPSA) is 24.5 Å². The normalized spacial score (nSPS) is 16.2. The summed E-state index contributed by atoms with van der Waals surface area (Å²) in [6, 6.07) is 10.5. The van der Waals surface area contributed by atoms with Crippen LogP contribution >= 0.6 is 0 Å². The fourth-order valence-electron chi connectivity index (χ4n) is 2.27. The number of nitrogens with one attached hydrogen (secondary N) is 1. The van der Waals surface area contributed by atoms with Gasteiger partial charge in [0.25, 0.3) is 0 Å². The van der Waals surface area contributed by atoms with Gasteiger partial charge >= 0.3 is 0 Å². The zero-order valence-corrected chi connectivity index (χ0v) is 11.1. The van der Waals surface area contributed by atoms with E-state index in [0.29, 0.717) is 0 Å². The van der Waals surface area contributed by atoms with Gasteiger partial charge in [-0.05, 0) is 31.5 Å². The fourth-order valence-corrected chi connectivity index (χ4v) is 2.27. The Kier molecular flexibility index (Phi) is 6.20. The number of nitrogens with zero attached hydrogens (tertiary/aromatic N) is 1. The summed E-state index contributed by atoms with van der Waals surface area (Å²) in [7, 11) is 0. The fraction of sp³-hybridized carbons (Fsp3) is 0.600. The van der Waals surface area contributed by atoms with Crippen LogP contribution in [0.3, 0.4) is 0 Å². The summed E-state index contributed by atoms with van der Waals surface area (Å²) < 4.78 is 5.63. The molecule has 0 amide bonds. The number of hydrogen-bond donors (Lipinski definition) is 1. The molecule has 0 unspecified atom stereocenters. The summed E-state index contributed by atoms with van der Waals surface area (Å²) in [6.45, 7) is 7.14. The maximum atomic E-state index is 5.63. The molecular formula is C15H24N2O. The smallest absolute Gasteiger partial charge is 0.0594 e. The first-order chi connectivity index (χ1) is 8.95. The molecule has 1 aromatic carbocycles. The van der Waals surface area contributed by atoms with Gasteiger partial charge in [0.1, 0.15) is 0 Å². The highest BCUT2D eigenvalue weighted by atomic mass is 16.5. The highest BCUT2D eigenvalue weighted by molar-refractivity contribution is 5.14. The van der Waals surface area contributed by atoms with Crippen molar-refractivity contribution in [2.45, 2.75) is 19.4 Å². The lowest BCUT2D eigenvalue weighted by Crippen LogP contribution is -2.26. The molecule has 0 saturated carbocycles. The van der Waals surface area contributed by atoms with Crippen LogP contribution < -0.4 is 5.32 Å². The second kappa shape index (κ2) is 8.25. The van der Waals surface area contributed by atoms with Gasteiger partial charge < -0.3 is 15.0 Å². The highest BCUT2D eigenvalue weighted by Crippen LogP contribution is 2.05. The Bertz CT molecular complexity index is 310. The van der Waals surface area contributed by atoms with Crippen LogP contribution in [0.1, 0.15) is 18.4 Å². The van der Waals surface area contributed by atoms with Crippen LogP contribution in [-0.4, -0.2) is 44.3 Å². The summed E-state index contributed by atoms with van der Waals surface area (Å²) in [4.78, 5) is 2.48. The van der Waals surface area contributed by atoms with Crippen LogP contribution in [0.25, 0.3) is 0 Å². The minimum absolute atomic E-state index is 0.806. The van der Waals surface area contributed by atoms with Crippen molar-refractivity contribution in [2.75, 3.05) is 39.4 Å². The molecule has 1 aliphatic heterocycles. The lowest BCUT2D eigenvalue weighted by atomic mass is 10.2. The first kappa shape index (κ1) is 13.5. The molecule has 100 valence electrons. The van der Waals surface area contributed by atoms with Crippen LogP contribution in [0.5, 0.6) is 0 Å². The van der Waals surface area contributed by atoms with E-state index >= 15 is 0 Å². The number of likely N-dealkylation sites (tertiary alicyclic amines) is 1. The van der Waals surface area contributed by atoms with Gasteiger partial charge in [-0.2, -0.15) is 0 Å². The minimum atomic E-state index is 0.806. The Balaban J connectivity index is 1.42. The predicted octanol–water partition coefficient (Wildman–Crippen LogP) is 1.89. The van der Waals surface area contributed by atoms with Crippen molar-refractivity contribution in [1.82, 2.24) is 10.2 Å². The molecule has 3 nitrogen and oxygen atoms in total. The molecule has 0 aliphatic carbocycles. The van der Waals surface area contributed by atoms with E-state index in [2.05, 4.69) is 34.5 Å². The second-order valence-electron chi connectivity index (χ2n) is 4.82. The second-order valence-corrected chi connectivity index (χ2v) is 4.82. The third-order valence-corrected chi connectivity index (χ3v) is 3.35. The maximum Gasteiger partial charge on any atom is 0.0594 e.